The summed E-state index contributed by atoms with van der Waals surface area (Å²) in [7, 11) is 0. The van der Waals surface area contributed by atoms with Gasteiger partial charge in [-0.1, -0.05) is 24.3 Å². The van der Waals surface area contributed by atoms with Crippen LogP contribution in [0.5, 0.6) is 0 Å². The molecule has 8 nitrogen and oxygen atoms in total. The molecule has 1 amide bonds. The molecule has 28 heavy (non-hydrogen) atoms. The summed E-state index contributed by atoms with van der Waals surface area (Å²) in [5.41, 5.74) is 2.98. The van der Waals surface area contributed by atoms with Crippen LogP contribution in [0.2, 0.25) is 0 Å². The fourth-order valence-electron chi connectivity index (χ4n) is 3.05. The fraction of sp³-hybridized carbons (Fsp3) is 0.150. The SMILES string of the molecule is Cc1cccc2c(=O)n(CC(=O)Nc3cccc(Cn4cncn4)c3)cnc12. The number of aromatic nitrogens is 5. The van der Waals surface area contributed by atoms with Crippen molar-refractivity contribution in [2.24, 2.45) is 0 Å². The van der Waals surface area contributed by atoms with E-state index in [1.807, 2.05) is 37.3 Å². The Bertz CT molecular complexity index is 1200. The summed E-state index contributed by atoms with van der Waals surface area (Å²) >= 11 is 0. The number of nitrogens with zero attached hydrogens (tertiary/aromatic N) is 5. The van der Waals surface area contributed by atoms with Gasteiger partial charge in [0.1, 0.15) is 19.2 Å². The molecule has 2 aromatic heterocycles. The monoisotopic (exact) mass is 374 g/mol. The second-order valence-corrected chi connectivity index (χ2v) is 6.49. The Hall–Kier alpha value is -3.81. The zero-order valence-corrected chi connectivity index (χ0v) is 15.2. The molecule has 0 unspecified atom stereocenters. The summed E-state index contributed by atoms with van der Waals surface area (Å²) in [5.74, 6) is -0.297. The molecule has 0 aliphatic rings. The third-order valence-electron chi connectivity index (χ3n) is 4.39. The van der Waals surface area contributed by atoms with E-state index in [1.165, 1.54) is 17.2 Å². The molecular weight excluding hydrogens is 356 g/mol. The Morgan fingerprint density at radius 1 is 1.14 bits per heavy atom. The standard InChI is InChI=1S/C20H18N6O2/c1-14-4-2-7-17-19(14)22-13-25(20(17)28)10-18(27)24-16-6-3-5-15(8-16)9-26-12-21-11-23-26/h2-8,11-13H,9-10H2,1H3,(H,24,27). The summed E-state index contributed by atoms with van der Waals surface area (Å²) in [6, 6.07) is 12.9. The van der Waals surface area contributed by atoms with E-state index in [9.17, 15) is 9.59 Å². The van der Waals surface area contributed by atoms with E-state index >= 15 is 0 Å². The van der Waals surface area contributed by atoms with Crippen LogP contribution in [0.3, 0.4) is 0 Å². The van der Waals surface area contributed by atoms with Gasteiger partial charge in [-0.2, -0.15) is 5.10 Å². The predicted octanol–water partition coefficient (Wildman–Crippen LogP) is 1.98. The number of carbonyl (C=O) groups excluding carboxylic acids is 1. The summed E-state index contributed by atoms with van der Waals surface area (Å²) in [4.78, 5) is 33.3. The molecule has 2 heterocycles. The van der Waals surface area contributed by atoms with Crippen molar-refractivity contribution in [2.45, 2.75) is 20.0 Å². The van der Waals surface area contributed by atoms with Crippen LogP contribution < -0.4 is 10.9 Å². The number of para-hydroxylation sites is 1. The molecule has 140 valence electrons. The van der Waals surface area contributed by atoms with Crippen LogP contribution in [0.1, 0.15) is 11.1 Å². The summed E-state index contributed by atoms with van der Waals surface area (Å²) in [5, 5.41) is 7.40. The van der Waals surface area contributed by atoms with E-state index in [4.69, 9.17) is 0 Å². The third kappa shape index (κ3) is 3.66. The normalized spacial score (nSPS) is 10.9. The highest BCUT2D eigenvalue weighted by molar-refractivity contribution is 5.91. The average molecular weight is 374 g/mol. The largest absolute Gasteiger partial charge is 0.325 e. The number of carbonyl (C=O) groups is 1. The number of benzene rings is 2. The van der Waals surface area contributed by atoms with Gasteiger partial charge in [0, 0.05) is 5.69 Å². The van der Waals surface area contributed by atoms with Crippen molar-refractivity contribution in [1.82, 2.24) is 24.3 Å². The minimum absolute atomic E-state index is 0.108. The van der Waals surface area contributed by atoms with Crippen molar-refractivity contribution >= 4 is 22.5 Å². The number of anilines is 1. The van der Waals surface area contributed by atoms with E-state index < -0.39 is 0 Å². The molecule has 2 aromatic carbocycles. The van der Waals surface area contributed by atoms with Gasteiger partial charge in [-0.25, -0.2) is 14.6 Å². The number of hydrogen-bond acceptors (Lipinski definition) is 5. The number of hydrogen-bond donors (Lipinski definition) is 1. The van der Waals surface area contributed by atoms with Crippen molar-refractivity contribution in [1.29, 1.82) is 0 Å². The molecule has 4 rings (SSSR count). The van der Waals surface area contributed by atoms with Gasteiger partial charge in [-0.05, 0) is 36.2 Å². The smallest absolute Gasteiger partial charge is 0.261 e. The molecule has 0 aliphatic heterocycles. The molecule has 4 aromatic rings. The molecule has 0 aliphatic carbocycles. The van der Waals surface area contributed by atoms with Crippen molar-refractivity contribution < 1.29 is 4.79 Å². The second-order valence-electron chi connectivity index (χ2n) is 6.49. The fourth-order valence-corrected chi connectivity index (χ4v) is 3.05. The lowest BCUT2D eigenvalue weighted by atomic mass is 10.1. The van der Waals surface area contributed by atoms with E-state index in [0.717, 1.165) is 11.1 Å². The average Bonchev–Trinajstić information content (AvgIpc) is 3.18. The van der Waals surface area contributed by atoms with Crippen LogP contribution in [-0.2, 0) is 17.9 Å². The molecular formula is C20H18N6O2. The number of amides is 1. The molecule has 0 atom stereocenters. The highest BCUT2D eigenvalue weighted by Crippen LogP contribution is 2.13. The first-order chi connectivity index (χ1) is 13.6. The second kappa shape index (κ2) is 7.43. The Balaban J connectivity index is 1.50. The Morgan fingerprint density at radius 2 is 2.00 bits per heavy atom. The molecule has 1 N–H and O–H groups in total. The van der Waals surface area contributed by atoms with E-state index in [-0.39, 0.29) is 18.0 Å². The molecule has 0 saturated heterocycles. The first-order valence-electron chi connectivity index (χ1n) is 8.76. The minimum Gasteiger partial charge on any atom is -0.325 e. The zero-order chi connectivity index (χ0) is 19.5. The van der Waals surface area contributed by atoms with Gasteiger partial charge in [-0.15, -0.1) is 0 Å². The minimum atomic E-state index is -0.297. The van der Waals surface area contributed by atoms with Crippen LogP contribution in [0, 0.1) is 6.92 Å². The van der Waals surface area contributed by atoms with E-state index in [0.29, 0.717) is 23.1 Å². The Morgan fingerprint density at radius 3 is 2.82 bits per heavy atom. The van der Waals surface area contributed by atoms with Crippen LogP contribution in [-0.4, -0.2) is 30.2 Å². The number of fused-ring (bicyclic) bond motifs is 1. The summed E-state index contributed by atoms with van der Waals surface area (Å²) in [6.07, 6.45) is 4.52. The van der Waals surface area contributed by atoms with E-state index in [2.05, 4.69) is 20.4 Å². The van der Waals surface area contributed by atoms with Crippen molar-refractivity contribution in [3.05, 3.63) is 82.9 Å². The summed E-state index contributed by atoms with van der Waals surface area (Å²) in [6.45, 7) is 2.35. The van der Waals surface area contributed by atoms with Gasteiger partial charge in [0.05, 0.1) is 23.8 Å². The maximum atomic E-state index is 12.6. The van der Waals surface area contributed by atoms with Crippen LogP contribution in [0.15, 0.2) is 66.2 Å². The highest BCUT2D eigenvalue weighted by atomic mass is 16.2. The van der Waals surface area contributed by atoms with Crippen molar-refractivity contribution in [3.8, 4) is 0 Å². The van der Waals surface area contributed by atoms with E-state index in [1.54, 1.807) is 23.1 Å². The third-order valence-corrected chi connectivity index (χ3v) is 4.39. The lowest BCUT2D eigenvalue weighted by Crippen LogP contribution is -2.28. The van der Waals surface area contributed by atoms with Crippen molar-refractivity contribution in [2.75, 3.05) is 5.32 Å². The number of nitrogens with one attached hydrogen (secondary N) is 1. The van der Waals surface area contributed by atoms with Gasteiger partial charge < -0.3 is 5.32 Å². The molecule has 8 heteroatoms. The van der Waals surface area contributed by atoms with Crippen LogP contribution in [0.4, 0.5) is 5.69 Å². The molecule has 0 spiro atoms. The Kier molecular flexibility index (Phi) is 4.67. The Labute approximate surface area is 160 Å². The van der Waals surface area contributed by atoms with Gasteiger partial charge >= 0.3 is 0 Å². The lowest BCUT2D eigenvalue weighted by Gasteiger charge is -2.10. The van der Waals surface area contributed by atoms with Gasteiger partial charge in [0.2, 0.25) is 5.91 Å². The lowest BCUT2D eigenvalue weighted by molar-refractivity contribution is -0.116. The maximum absolute atomic E-state index is 12.6. The van der Waals surface area contributed by atoms with Gasteiger partial charge in [0.25, 0.3) is 5.56 Å². The number of rotatable bonds is 5. The number of aryl methyl sites for hydroxylation is 1. The van der Waals surface area contributed by atoms with Crippen molar-refractivity contribution in [3.63, 3.8) is 0 Å². The van der Waals surface area contributed by atoms with Crippen LogP contribution in [0.25, 0.3) is 10.9 Å². The molecule has 0 saturated carbocycles. The molecule has 0 radical (unpaired) electrons. The quantitative estimate of drug-likeness (QED) is 0.576. The topological polar surface area (TPSA) is 94.7 Å². The van der Waals surface area contributed by atoms with Gasteiger partial charge in [-0.3, -0.25) is 14.2 Å². The summed E-state index contributed by atoms with van der Waals surface area (Å²) < 4.78 is 3.01. The van der Waals surface area contributed by atoms with Crippen LogP contribution >= 0.6 is 0 Å². The van der Waals surface area contributed by atoms with Gasteiger partial charge in [0.15, 0.2) is 0 Å². The first kappa shape index (κ1) is 17.6. The highest BCUT2D eigenvalue weighted by Gasteiger charge is 2.10. The zero-order valence-electron chi connectivity index (χ0n) is 15.2. The maximum Gasteiger partial charge on any atom is 0.261 e. The predicted molar refractivity (Wildman–Crippen MR) is 105 cm³/mol. The molecule has 0 bridgehead atoms. The first-order valence-corrected chi connectivity index (χ1v) is 8.76. The molecule has 0 fully saturated rings.